The van der Waals surface area contributed by atoms with Crippen molar-refractivity contribution in [2.24, 2.45) is 5.10 Å². The van der Waals surface area contributed by atoms with Gasteiger partial charge in [0.1, 0.15) is 5.75 Å². The molecule has 0 aliphatic carbocycles. The lowest BCUT2D eigenvalue weighted by atomic mass is 10.1. The van der Waals surface area contributed by atoms with Crippen LogP contribution in [0.3, 0.4) is 0 Å². The lowest BCUT2D eigenvalue weighted by Crippen LogP contribution is -2.41. The maximum atomic E-state index is 12.4. The molecule has 0 fully saturated rings. The van der Waals surface area contributed by atoms with E-state index in [4.69, 9.17) is 4.74 Å². The van der Waals surface area contributed by atoms with E-state index in [2.05, 4.69) is 37.1 Å². The van der Waals surface area contributed by atoms with Crippen molar-refractivity contribution in [1.82, 2.24) is 10.7 Å². The molecule has 0 spiro atoms. The van der Waals surface area contributed by atoms with Gasteiger partial charge in [-0.1, -0.05) is 41.1 Å². The number of hydrogen-bond donors (Lipinski definition) is 3. The minimum Gasteiger partial charge on any atom is -0.483 e. The molecular formula is C23H27BrN4O4. The lowest BCUT2D eigenvalue weighted by Gasteiger charge is -2.13. The average molecular weight is 503 g/mol. The van der Waals surface area contributed by atoms with E-state index in [1.54, 1.807) is 25.1 Å². The highest BCUT2D eigenvalue weighted by atomic mass is 79.9. The van der Waals surface area contributed by atoms with Gasteiger partial charge in [0.15, 0.2) is 6.61 Å². The van der Waals surface area contributed by atoms with E-state index in [9.17, 15) is 14.4 Å². The van der Waals surface area contributed by atoms with Crippen LogP contribution in [0.5, 0.6) is 5.75 Å². The number of hydrazone groups is 1. The molecule has 0 radical (unpaired) electrons. The molecule has 8 nitrogen and oxygen atoms in total. The first-order valence-corrected chi connectivity index (χ1v) is 10.9. The summed E-state index contributed by atoms with van der Waals surface area (Å²) in [5.74, 6) is -1.53. The van der Waals surface area contributed by atoms with E-state index >= 15 is 0 Å². The van der Waals surface area contributed by atoms with Gasteiger partial charge in [-0.05, 0) is 56.5 Å². The Morgan fingerprint density at radius 2 is 1.81 bits per heavy atom. The van der Waals surface area contributed by atoms with Crippen molar-refractivity contribution in [2.45, 2.75) is 40.2 Å². The number of carbonyl (C=O) groups excluding carboxylic acids is 3. The van der Waals surface area contributed by atoms with Gasteiger partial charge < -0.3 is 15.4 Å². The van der Waals surface area contributed by atoms with Gasteiger partial charge >= 0.3 is 11.8 Å². The van der Waals surface area contributed by atoms with Gasteiger partial charge in [0.05, 0.1) is 6.21 Å². The molecule has 0 heterocycles. The minimum absolute atomic E-state index is 0.114. The van der Waals surface area contributed by atoms with E-state index in [1.165, 1.54) is 6.21 Å². The summed E-state index contributed by atoms with van der Waals surface area (Å²) in [6.45, 7) is 7.34. The molecule has 1 atom stereocenters. The fraction of sp³-hybridized carbons (Fsp3) is 0.304. The first kappa shape index (κ1) is 25.1. The van der Waals surface area contributed by atoms with Crippen molar-refractivity contribution in [3.8, 4) is 5.75 Å². The summed E-state index contributed by atoms with van der Waals surface area (Å²) in [7, 11) is 0. The molecule has 170 valence electrons. The number of benzene rings is 2. The van der Waals surface area contributed by atoms with Crippen LogP contribution in [0.4, 0.5) is 5.69 Å². The van der Waals surface area contributed by atoms with Gasteiger partial charge in [0.2, 0.25) is 0 Å². The molecule has 3 N–H and O–H groups in total. The standard InChI is InChI=1S/C23H27BrN4O4/c1-5-16(4)26-22(30)23(31)28-25-12-17-11-18(24)9-10-19(17)32-13-20(29)27-21-14(2)7-6-8-15(21)3/h6-12,16H,5,13H2,1-4H3,(H,26,30)(H,27,29)(H,28,31)/b25-12-/t16-/m0/s1. The maximum Gasteiger partial charge on any atom is 0.329 e. The van der Waals surface area contributed by atoms with Gasteiger partial charge in [-0.15, -0.1) is 0 Å². The Morgan fingerprint density at radius 3 is 2.47 bits per heavy atom. The number of nitrogens with one attached hydrogen (secondary N) is 3. The number of halogens is 1. The van der Waals surface area contributed by atoms with E-state index in [0.717, 1.165) is 21.3 Å². The summed E-state index contributed by atoms with van der Waals surface area (Å²) in [4.78, 5) is 36.0. The summed E-state index contributed by atoms with van der Waals surface area (Å²) in [5, 5.41) is 9.25. The van der Waals surface area contributed by atoms with Crippen molar-refractivity contribution in [2.75, 3.05) is 11.9 Å². The maximum absolute atomic E-state index is 12.4. The van der Waals surface area contributed by atoms with Crippen LogP contribution in [0, 0.1) is 13.8 Å². The van der Waals surface area contributed by atoms with Crippen LogP contribution in [0.25, 0.3) is 0 Å². The first-order valence-electron chi connectivity index (χ1n) is 10.1. The fourth-order valence-electron chi connectivity index (χ4n) is 2.68. The van der Waals surface area contributed by atoms with Crippen molar-refractivity contribution < 1.29 is 19.1 Å². The number of para-hydroxylation sites is 1. The Hall–Kier alpha value is -3.20. The Balaban J connectivity index is 2.00. The number of carbonyl (C=O) groups is 3. The predicted molar refractivity (Wildman–Crippen MR) is 128 cm³/mol. The Bertz CT molecular complexity index is 1000. The third-order valence-corrected chi connectivity index (χ3v) is 5.14. The second kappa shape index (κ2) is 12.0. The Kier molecular flexibility index (Phi) is 9.39. The second-order valence-corrected chi connectivity index (χ2v) is 8.18. The molecule has 0 saturated carbocycles. The van der Waals surface area contributed by atoms with Crippen LogP contribution in [0.2, 0.25) is 0 Å². The summed E-state index contributed by atoms with van der Waals surface area (Å²) >= 11 is 3.37. The van der Waals surface area contributed by atoms with Crippen LogP contribution >= 0.6 is 15.9 Å². The monoisotopic (exact) mass is 502 g/mol. The zero-order valence-corrected chi connectivity index (χ0v) is 20.1. The topological polar surface area (TPSA) is 109 Å². The molecule has 32 heavy (non-hydrogen) atoms. The molecule has 0 aromatic heterocycles. The van der Waals surface area contributed by atoms with Crippen LogP contribution in [-0.4, -0.2) is 36.6 Å². The van der Waals surface area contributed by atoms with Gasteiger partial charge in [-0.25, -0.2) is 5.43 Å². The van der Waals surface area contributed by atoms with E-state index in [1.807, 2.05) is 39.0 Å². The third kappa shape index (κ3) is 7.49. The summed E-state index contributed by atoms with van der Waals surface area (Å²) in [5.41, 5.74) is 5.38. The highest BCUT2D eigenvalue weighted by Crippen LogP contribution is 2.22. The van der Waals surface area contributed by atoms with Crippen molar-refractivity contribution in [3.05, 3.63) is 57.6 Å². The number of nitrogens with zero attached hydrogens (tertiary/aromatic N) is 1. The fourth-order valence-corrected chi connectivity index (χ4v) is 3.06. The molecule has 0 saturated heterocycles. The molecule has 2 rings (SSSR count). The first-order chi connectivity index (χ1) is 15.2. The number of rotatable bonds is 8. The van der Waals surface area contributed by atoms with Gasteiger partial charge in [-0.3, -0.25) is 14.4 Å². The average Bonchev–Trinajstić information content (AvgIpc) is 2.75. The number of anilines is 1. The molecule has 2 aromatic carbocycles. The zero-order valence-electron chi connectivity index (χ0n) is 18.5. The zero-order chi connectivity index (χ0) is 23.7. The molecule has 0 aliphatic heterocycles. The van der Waals surface area contributed by atoms with E-state index in [-0.39, 0.29) is 18.6 Å². The molecule has 0 unspecified atom stereocenters. The quantitative estimate of drug-likeness (QED) is 0.291. The van der Waals surface area contributed by atoms with Gasteiger partial charge in [0.25, 0.3) is 5.91 Å². The number of ether oxygens (including phenoxy) is 1. The third-order valence-electron chi connectivity index (χ3n) is 4.64. The Labute approximate surface area is 195 Å². The Morgan fingerprint density at radius 1 is 1.12 bits per heavy atom. The second-order valence-electron chi connectivity index (χ2n) is 7.27. The SMILES string of the molecule is CC[C@H](C)NC(=O)C(=O)N/N=C\c1cc(Br)ccc1OCC(=O)Nc1c(C)cccc1C. The summed E-state index contributed by atoms with van der Waals surface area (Å²) in [6.07, 6.45) is 2.05. The van der Waals surface area contributed by atoms with Crippen LogP contribution < -0.4 is 20.8 Å². The predicted octanol–water partition coefficient (Wildman–Crippen LogP) is 3.45. The van der Waals surface area contributed by atoms with Crippen LogP contribution in [0.15, 0.2) is 46.0 Å². The highest BCUT2D eigenvalue weighted by Gasteiger charge is 2.14. The molecule has 2 aromatic rings. The number of aryl methyl sites for hydroxylation is 2. The smallest absolute Gasteiger partial charge is 0.329 e. The summed E-state index contributed by atoms with van der Waals surface area (Å²) < 4.78 is 6.42. The molecule has 0 aliphatic rings. The lowest BCUT2D eigenvalue weighted by molar-refractivity contribution is -0.139. The van der Waals surface area contributed by atoms with E-state index < -0.39 is 11.8 Å². The van der Waals surface area contributed by atoms with Crippen molar-refractivity contribution in [3.63, 3.8) is 0 Å². The largest absolute Gasteiger partial charge is 0.483 e. The summed E-state index contributed by atoms with van der Waals surface area (Å²) in [6, 6.07) is 10.8. The highest BCUT2D eigenvalue weighted by molar-refractivity contribution is 9.10. The number of amides is 3. The van der Waals surface area contributed by atoms with Gasteiger partial charge in [-0.2, -0.15) is 5.10 Å². The molecular weight excluding hydrogens is 476 g/mol. The molecule has 3 amide bonds. The number of hydrogen-bond acceptors (Lipinski definition) is 5. The van der Waals surface area contributed by atoms with Gasteiger partial charge in [0, 0.05) is 21.8 Å². The van der Waals surface area contributed by atoms with Crippen LogP contribution in [0.1, 0.15) is 37.0 Å². The van der Waals surface area contributed by atoms with Crippen molar-refractivity contribution in [1.29, 1.82) is 0 Å². The van der Waals surface area contributed by atoms with E-state index in [0.29, 0.717) is 17.7 Å². The van der Waals surface area contributed by atoms with Crippen LogP contribution in [-0.2, 0) is 14.4 Å². The molecule has 9 heteroatoms. The van der Waals surface area contributed by atoms with Crippen molar-refractivity contribution >= 4 is 45.6 Å². The molecule has 0 bridgehead atoms. The minimum atomic E-state index is -0.869. The normalized spacial score (nSPS) is 11.7.